The van der Waals surface area contributed by atoms with E-state index in [9.17, 15) is 0 Å². The Kier molecular flexibility index (Phi) is 3.76. The average molecular weight is 295 g/mol. The predicted octanol–water partition coefficient (Wildman–Crippen LogP) is 3.47. The number of imidazole rings is 1. The molecule has 1 saturated carbocycles. The summed E-state index contributed by atoms with van der Waals surface area (Å²) < 4.78 is 4.42. The molecule has 0 bridgehead atoms. The van der Waals surface area contributed by atoms with E-state index < -0.39 is 0 Å². The summed E-state index contributed by atoms with van der Waals surface area (Å²) in [7, 11) is 2.03. The number of aromatic nitrogens is 4. The second kappa shape index (κ2) is 5.40. The van der Waals surface area contributed by atoms with Gasteiger partial charge >= 0.3 is 0 Å². The molecule has 0 N–H and O–H groups in total. The van der Waals surface area contributed by atoms with Gasteiger partial charge in [0, 0.05) is 25.4 Å². The zero-order chi connectivity index (χ0) is 14.3. The molecule has 1 aliphatic rings. The highest BCUT2D eigenvalue weighted by Gasteiger charge is 2.40. The van der Waals surface area contributed by atoms with Crippen LogP contribution in [0.2, 0.25) is 0 Å². The molecule has 110 valence electrons. The Bertz CT molecular complexity index is 613. The summed E-state index contributed by atoms with van der Waals surface area (Å²) in [6, 6.07) is 0.610. The average Bonchev–Trinajstić information content (AvgIpc) is 2.96. The van der Waals surface area contributed by atoms with Crippen molar-refractivity contribution in [3.8, 4) is 0 Å². The minimum absolute atomic E-state index is 0.610. The number of fused-ring (bicyclic) bond motifs is 1. The van der Waals surface area contributed by atoms with E-state index in [1.54, 1.807) is 0 Å². The lowest BCUT2D eigenvalue weighted by atomic mass is 10.2. The van der Waals surface area contributed by atoms with Gasteiger partial charge in [0.2, 0.25) is 0 Å². The Labute approximate surface area is 125 Å². The predicted molar refractivity (Wildman–Crippen MR) is 82.4 cm³/mol. The maximum Gasteiger partial charge on any atom is 0.158 e. The molecule has 1 fully saturated rings. The first-order chi connectivity index (χ1) is 9.71. The van der Waals surface area contributed by atoms with Crippen LogP contribution in [-0.4, -0.2) is 25.2 Å². The van der Waals surface area contributed by atoms with Gasteiger partial charge in [-0.05, 0) is 25.2 Å². The number of halogens is 1. The molecule has 2 atom stereocenters. The summed E-state index contributed by atoms with van der Waals surface area (Å²) in [6.07, 6.45) is 5.62. The van der Waals surface area contributed by atoms with E-state index in [1.807, 2.05) is 11.7 Å². The molecule has 0 radical (unpaired) electrons. The molecule has 2 unspecified atom stereocenters. The van der Waals surface area contributed by atoms with Gasteiger partial charge in [-0.2, -0.15) is 5.10 Å². The van der Waals surface area contributed by atoms with E-state index >= 15 is 0 Å². The molecule has 0 saturated heterocycles. The van der Waals surface area contributed by atoms with Gasteiger partial charge in [-0.15, -0.1) is 11.6 Å². The zero-order valence-corrected chi connectivity index (χ0v) is 13.3. The Balaban J connectivity index is 2.07. The summed E-state index contributed by atoms with van der Waals surface area (Å²) >= 11 is 5.96. The third-order valence-electron chi connectivity index (χ3n) is 4.34. The molecule has 1 aliphatic carbocycles. The molecule has 0 spiro atoms. The lowest BCUT2D eigenvalue weighted by Crippen LogP contribution is -2.08. The first-order valence-electron chi connectivity index (χ1n) is 7.69. The molecule has 2 heterocycles. The number of rotatable bonds is 6. The topological polar surface area (TPSA) is 35.6 Å². The fourth-order valence-corrected chi connectivity index (χ4v) is 3.49. The fourth-order valence-electron chi connectivity index (χ4n) is 3.32. The molecule has 4 nitrogen and oxygen atoms in total. The number of alkyl halides is 1. The van der Waals surface area contributed by atoms with Gasteiger partial charge in [-0.25, -0.2) is 4.98 Å². The van der Waals surface area contributed by atoms with Crippen LogP contribution in [0.4, 0.5) is 0 Å². The molecule has 2 aromatic heterocycles. The summed E-state index contributed by atoms with van der Waals surface area (Å²) in [6.45, 7) is 4.40. The van der Waals surface area contributed by atoms with Gasteiger partial charge < -0.3 is 4.57 Å². The minimum atomic E-state index is 0.610. The third-order valence-corrected chi connectivity index (χ3v) is 4.53. The number of hydrogen-bond acceptors (Lipinski definition) is 2. The minimum Gasteiger partial charge on any atom is -0.309 e. The normalized spacial score (nSPS) is 21.8. The number of aryl methyl sites for hydroxylation is 3. The van der Waals surface area contributed by atoms with E-state index in [0.29, 0.717) is 11.9 Å². The lowest BCUT2D eigenvalue weighted by Gasteiger charge is -2.08. The van der Waals surface area contributed by atoms with E-state index in [0.717, 1.165) is 35.8 Å². The first-order valence-corrected chi connectivity index (χ1v) is 8.23. The second-order valence-corrected chi connectivity index (χ2v) is 6.16. The molecular formula is C15H23ClN4. The van der Waals surface area contributed by atoms with E-state index in [2.05, 4.69) is 23.5 Å². The monoisotopic (exact) mass is 294 g/mol. The van der Waals surface area contributed by atoms with Crippen LogP contribution in [0.3, 0.4) is 0 Å². The maximum atomic E-state index is 5.96. The number of hydrogen-bond donors (Lipinski definition) is 0. The Morgan fingerprint density at radius 2 is 2.15 bits per heavy atom. The van der Waals surface area contributed by atoms with Gasteiger partial charge in [0.1, 0.15) is 11.3 Å². The molecule has 20 heavy (non-hydrogen) atoms. The molecule has 0 amide bonds. The SMILES string of the molecule is CCCC1CC1n1c(CCCl)nc2c(CC)nn(C)c21. The molecular weight excluding hydrogens is 272 g/mol. The van der Waals surface area contributed by atoms with Crippen molar-refractivity contribution >= 4 is 22.8 Å². The van der Waals surface area contributed by atoms with Gasteiger partial charge in [0.15, 0.2) is 5.65 Å². The summed E-state index contributed by atoms with van der Waals surface area (Å²) in [4.78, 5) is 4.85. The summed E-state index contributed by atoms with van der Waals surface area (Å²) in [5.41, 5.74) is 3.37. The van der Waals surface area contributed by atoms with E-state index in [-0.39, 0.29) is 0 Å². The second-order valence-electron chi connectivity index (χ2n) is 5.78. The Morgan fingerprint density at radius 3 is 2.80 bits per heavy atom. The van der Waals surface area contributed by atoms with Crippen LogP contribution in [0.1, 0.15) is 50.7 Å². The molecule has 5 heteroatoms. The lowest BCUT2D eigenvalue weighted by molar-refractivity contribution is 0.586. The first kappa shape index (κ1) is 13.9. The Morgan fingerprint density at radius 1 is 1.35 bits per heavy atom. The van der Waals surface area contributed by atoms with E-state index in [4.69, 9.17) is 16.6 Å². The van der Waals surface area contributed by atoms with Crippen molar-refractivity contribution in [1.29, 1.82) is 0 Å². The smallest absolute Gasteiger partial charge is 0.158 e. The van der Waals surface area contributed by atoms with Gasteiger partial charge in [-0.3, -0.25) is 4.68 Å². The molecule has 0 aliphatic heterocycles. The maximum absolute atomic E-state index is 5.96. The van der Waals surface area contributed by atoms with Crippen LogP contribution >= 0.6 is 11.6 Å². The van der Waals surface area contributed by atoms with Crippen LogP contribution in [-0.2, 0) is 19.9 Å². The quantitative estimate of drug-likeness (QED) is 0.765. The highest BCUT2D eigenvalue weighted by Crippen LogP contribution is 2.48. The van der Waals surface area contributed by atoms with Crippen molar-refractivity contribution in [2.75, 3.05) is 5.88 Å². The van der Waals surface area contributed by atoms with Gasteiger partial charge in [0.25, 0.3) is 0 Å². The highest BCUT2D eigenvalue weighted by atomic mass is 35.5. The van der Waals surface area contributed by atoms with Crippen LogP contribution in [0.25, 0.3) is 11.2 Å². The van der Waals surface area contributed by atoms with Crippen molar-refractivity contribution < 1.29 is 0 Å². The highest BCUT2D eigenvalue weighted by molar-refractivity contribution is 6.17. The van der Waals surface area contributed by atoms with Crippen molar-refractivity contribution in [2.24, 2.45) is 13.0 Å². The molecule has 0 aromatic carbocycles. The molecule has 2 aromatic rings. The standard InChI is InChI=1S/C15H23ClN4/c1-4-6-10-9-12(10)20-13(7-8-16)17-14-11(5-2)18-19(3)15(14)20/h10,12H,4-9H2,1-3H3. The third kappa shape index (κ3) is 2.14. The van der Waals surface area contributed by atoms with E-state index in [1.165, 1.54) is 24.9 Å². The zero-order valence-electron chi connectivity index (χ0n) is 12.6. The van der Waals surface area contributed by atoms with Crippen molar-refractivity contribution in [2.45, 2.75) is 52.0 Å². The fraction of sp³-hybridized carbons (Fsp3) is 0.733. The Hall–Kier alpha value is -1.03. The van der Waals surface area contributed by atoms with Crippen molar-refractivity contribution in [1.82, 2.24) is 19.3 Å². The number of nitrogens with zero attached hydrogens (tertiary/aromatic N) is 4. The van der Waals surface area contributed by atoms with Crippen molar-refractivity contribution in [3.05, 3.63) is 11.5 Å². The van der Waals surface area contributed by atoms with Crippen LogP contribution in [0, 0.1) is 5.92 Å². The summed E-state index contributed by atoms with van der Waals surface area (Å²) in [5.74, 6) is 2.58. The molecule has 3 rings (SSSR count). The largest absolute Gasteiger partial charge is 0.309 e. The van der Waals surface area contributed by atoms with Crippen LogP contribution in [0.5, 0.6) is 0 Å². The van der Waals surface area contributed by atoms with Crippen LogP contribution < -0.4 is 0 Å². The van der Waals surface area contributed by atoms with Crippen LogP contribution in [0.15, 0.2) is 0 Å². The van der Waals surface area contributed by atoms with Gasteiger partial charge in [-0.1, -0.05) is 20.3 Å². The van der Waals surface area contributed by atoms with Crippen molar-refractivity contribution in [3.63, 3.8) is 0 Å². The van der Waals surface area contributed by atoms with Gasteiger partial charge in [0.05, 0.1) is 5.69 Å². The summed E-state index contributed by atoms with van der Waals surface area (Å²) in [5, 5.41) is 4.61.